The fourth-order valence-corrected chi connectivity index (χ4v) is 17.2. The van der Waals surface area contributed by atoms with Crippen molar-refractivity contribution in [1.82, 2.24) is 0 Å². The van der Waals surface area contributed by atoms with E-state index in [-0.39, 0.29) is 35.7 Å². The molecule has 0 radical (unpaired) electrons. The molecule has 0 saturated carbocycles. The minimum atomic E-state index is -0.204. The first kappa shape index (κ1) is 56.2. The van der Waals surface area contributed by atoms with Gasteiger partial charge < -0.3 is 24.8 Å². The number of hydrogen-bond acceptors (Lipinski definition) is 0. The van der Waals surface area contributed by atoms with Crippen LogP contribution in [0.5, 0.6) is 0 Å². The zero-order valence-electron chi connectivity index (χ0n) is 39.4. The predicted octanol–water partition coefficient (Wildman–Crippen LogP) is 10.2. The van der Waals surface area contributed by atoms with E-state index in [9.17, 15) is 0 Å². The summed E-state index contributed by atoms with van der Waals surface area (Å²) in [6.07, 6.45) is 20.0. The molecule has 0 spiro atoms. The van der Waals surface area contributed by atoms with Gasteiger partial charge in [-0.1, -0.05) is 72.8 Å². The van der Waals surface area contributed by atoms with Crippen LogP contribution >= 0.6 is 0 Å². The number of rotatable bonds is 8. The molecule has 344 valence electrons. The minimum absolute atomic E-state index is 0. The molecular formula is C64H56Cl2Si2Zr2-2. The third-order valence-electron chi connectivity index (χ3n) is 11.3. The van der Waals surface area contributed by atoms with E-state index in [0.717, 1.165) is 12.8 Å². The van der Waals surface area contributed by atoms with Crippen LogP contribution in [-0.4, -0.2) is 10.9 Å². The number of fused-ring (bicyclic) bond motifs is 6. The van der Waals surface area contributed by atoms with Crippen LogP contribution < -0.4 is 24.8 Å². The van der Waals surface area contributed by atoms with Crippen molar-refractivity contribution in [1.29, 1.82) is 0 Å². The molecule has 0 aliphatic heterocycles. The zero-order valence-corrected chi connectivity index (χ0v) is 47.8. The quantitative estimate of drug-likeness (QED) is 0.105. The van der Waals surface area contributed by atoms with Crippen molar-refractivity contribution in [2.45, 2.75) is 37.0 Å². The number of benzene rings is 8. The van der Waals surface area contributed by atoms with E-state index < -0.39 is 0 Å². The van der Waals surface area contributed by atoms with Crippen LogP contribution in [0.3, 0.4) is 0 Å². The number of halogens is 2. The summed E-state index contributed by atoms with van der Waals surface area (Å²) in [7, 11) is 0. The van der Waals surface area contributed by atoms with E-state index in [2.05, 4.69) is 255 Å². The Morgan fingerprint density at radius 3 is 0.757 bits per heavy atom. The smallest absolute Gasteiger partial charge is 0.0771 e. The molecule has 0 heterocycles. The van der Waals surface area contributed by atoms with Gasteiger partial charge in [-0.05, 0) is 0 Å². The number of hydrogen-bond donors (Lipinski definition) is 0. The van der Waals surface area contributed by atoms with Crippen molar-refractivity contribution in [2.24, 2.45) is 0 Å². The summed E-state index contributed by atoms with van der Waals surface area (Å²) >= 11 is 3.47. The summed E-state index contributed by atoms with van der Waals surface area (Å²) in [5.41, 5.74) is 5.61. The van der Waals surface area contributed by atoms with E-state index in [1.165, 1.54) is 89.5 Å². The molecule has 6 heteroatoms. The third-order valence-corrected chi connectivity index (χ3v) is 19.8. The molecule has 0 aromatic heterocycles. The molecule has 0 N–H and O–H groups in total. The molecule has 2 aliphatic carbocycles. The average molecular weight is 1130 g/mol. The summed E-state index contributed by atoms with van der Waals surface area (Å²) in [4.78, 5) is 0. The Bertz CT molecular complexity index is 2780. The molecule has 0 nitrogen and oxygen atoms in total. The maximum Gasteiger partial charge on any atom is -0.0771 e. The summed E-state index contributed by atoms with van der Waals surface area (Å²) in [5, 5.41) is 10.8. The molecule has 10 aromatic rings. The van der Waals surface area contributed by atoms with E-state index in [1.807, 2.05) is 24.3 Å². The van der Waals surface area contributed by atoms with E-state index in [0.29, 0.717) is 0 Å². The molecule has 12 rings (SSSR count). The maximum absolute atomic E-state index is 2.99. The molecule has 0 bridgehead atoms. The van der Waals surface area contributed by atoms with Crippen LogP contribution in [0.2, 0.25) is 0 Å². The van der Waals surface area contributed by atoms with Gasteiger partial charge in [0, 0.05) is 0 Å². The van der Waals surface area contributed by atoms with Gasteiger partial charge >= 0.3 is 225 Å². The fraction of sp³-hybridized carbons (Fsp3) is 0.0938. The molecule has 0 saturated heterocycles. The van der Waals surface area contributed by atoms with Crippen LogP contribution in [0.25, 0.3) is 43.1 Å². The Hall–Kier alpha value is -4.76. The van der Waals surface area contributed by atoms with Crippen molar-refractivity contribution in [3.8, 4) is 0 Å². The summed E-state index contributed by atoms with van der Waals surface area (Å²) in [6.45, 7) is 0. The third kappa shape index (κ3) is 19.1. The Kier molecular flexibility index (Phi) is 25.9. The van der Waals surface area contributed by atoms with Crippen molar-refractivity contribution in [3.05, 3.63) is 301 Å². The molecule has 0 amide bonds. The van der Waals surface area contributed by atoms with Crippen molar-refractivity contribution in [2.75, 3.05) is 0 Å². The average Bonchev–Trinajstić information content (AvgIpc) is 4.26. The number of allylic oxidation sites excluding steroid dienone is 8. The van der Waals surface area contributed by atoms with Crippen LogP contribution in [0.1, 0.15) is 35.1 Å². The molecule has 0 fully saturated rings. The molecular weight excluding hydrogens is 1080 g/mol. The first-order chi connectivity index (χ1) is 33.6. The molecule has 0 unspecified atom stereocenters. The molecule has 70 heavy (non-hydrogen) atoms. The van der Waals surface area contributed by atoms with Gasteiger partial charge in [-0.3, -0.25) is 12.2 Å². The van der Waals surface area contributed by atoms with Crippen LogP contribution in [0, 0.1) is 12.2 Å². The second-order valence-electron chi connectivity index (χ2n) is 16.5. The Morgan fingerprint density at radius 2 is 0.557 bits per heavy atom. The van der Waals surface area contributed by atoms with Gasteiger partial charge in [0.05, 0.1) is 0 Å². The van der Waals surface area contributed by atoms with Gasteiger partial charge in [0.25, 0.3) is 0 Å². The predicted molar refractivity (Wildman–Crippen MR) is 289 cm³/mol. The second kappa shape index (κ2) is 32.3. The van der Waals surface area contributed by atoms with Gasteiger partial charge in [-0.25, -0.2) is 24.3 Å². The first-order valence-electron chi connectivity index (χ1n) is 23.4. The van der Waals surface area contributed by atoms with Gasteiger partial charge in [-0.15, -0.1) is 92.3 Å². The Morgan fingerprint density at radius 1 is 0.329 bits per heavy atom. The molecule has 2 aliphatic rings. The van der Waals surface area contributed by atoms with Gasteiger partial charge in [0.15, 0.2) is 0 Å². The van der Waals surface area contributed by atoms with Gasteiger partial charge in [0.2, 0.25) is 0 Å². The summed E-state index contributed by atoms with van der Waals surface area (Å²) < 4.78 is 0. The fourth-order valence-electron chi connectivity index (χ4n) is 7.98. The van der Waals surface area contributed by atoms with E-state index in [4.69, 9.17) is 0 Å². The largest absolute Gasteiger partial charge is 0.126 e. The molecule has 0 atom stereocenters. The Labute approximate surface area is 459 Å². The van der Waals surface area contributed by atoms with E-state index >= 15 is 0 Å². The second-order valence-corrected chi connectivity index (χ2v) is 30.8. The Balaban J connectivity index is 0.000000162. The van der Waals surface area contributed by atoms with Crippen LogP contribution in [-0.2, 0) is 70.8 Å². The van der Waals surface area contributed by atoms with Crippen molar-refractivity contribution < 1.29 is 71.5 Å². The zero-order chi connectivity index (χ0) is 46.9. The van der Waals surface area contributed by atoms with E-state index in [1.54, 1.807) is 46.7 Å². The van der Waals surface area contributed by atoms with Crippen LogP contribution in [0.15, 0.2) is 267 Å². The van der Waals surface area contributed by atoms with Crippen molar-refractivity contribution in [3.63, 3.8) is 0 Å². The van der Waals surface area contributed by atoms with Gasteiger partial charge in [0.1, 0.15) is 0 Å². The maximum atomic E-state index is 2.99. The monoisotopic (exact) mass is 1130 g/mol. The minimum Gasteiger partial charge on any atom is -0.126 e. The van der Waals surface area contributed by atoms with Gasteiger partial charge in [-0.2, -0.15) is 12.2 Å². The molecule has 10 aromatic carbocycles. The topological polar surface area (TPSA) is 0 Å². The SMILES string of the molecule is [C-]1=CC=CC1.[C-]1=CC=CC1.[Cl-].[Cl-].[Zr+2]=[Si](Cc1ccccc1)Cc1ccccc1.[Zr+2]=[Si](Cc1ccccc1)Cc1ccccc1.c1ccc2c(c1)[cH-]c1ccccc12.c1ccc2c(c1)[cH-]c1ccccc12. The summed E-state index contributed by atoms with van der Waals surface area (Å²) in [5.74, 6) is 0. The standard InChI is InChI=1S/2C14H14Si.2C13H9.2C5H5.2ClH.2Zr/c2*1-3-7-13(8-4-1)11-15-12-14-9-5-2-6-10-14;2*1-3-7-12-10(5-1)9-11-6-2-4-8-13(11)12;2*1-2-4-5-3-1;;;;/h2*1-10H,11-12H2;2*1-9H;2*1-3H,4H2;2*1H;;/q;;4*-1;;;2*+2/p-2. The van der Waals surface area contributed by atoms with Crippen molar-refractivity contribution >= 4 is 54.0 Å². The summed E-state index contributed by atoms with van der Waals surface area (Å²) in [6, 6.07) is 87.3. The van der Waals surface area contributed by atoms with Crippen LogP contribution in [0.4, 0.5) is 0 Å². The normalized spacial score (nSPS) is 11.3. The first-order valence-corrected chi connectivity index (χ1v) is 34.6.